The minimum atomic E-state index is -1.09. The minimum absolute atomic E-state index is 0. The first kappa shape index (κ1) is 24.1. The molecule has 0 N–H and O–H groups in total. The summed E-state index contributed by atoms with van der Waals surface area (Å²) in [7, 11) is 2.98. The largest absolute Gasteiger partial charge is 0.516 e. The Bertz CT molecular complexity index is 1300. The number of rotatable bonds is 6. The number of pyridine rings is 3. The van der Waals surface area contributed by atoms with Gasteiger partial charge in [0, 0.05) is 45.1 Å². The van der Waals surface area contributed by atoms with E-state index in [0.717, 1.165) is 0 Å². The summed E-state index contributed by atoms with van der Waals surface area (Å²) < 4.78 is 39.7. The van der Waals surface area contributed by atoms with Crippen LogP contribution in [0.15, 0.2) is 60.8 Å². The van der Waals surface area contributed by atoms with E-state index in [0.29, 0.717) is 28.8 Å². The first-order chi connectivity index (χ1) is 15.5. The third kappa shape index (κ3) is 5.12. The number of ether oxygens (including phenoxy) is 2. The molecule has 0 spiro atoms. The molecule has 4 rings (SSSR count). The van der Waals surface area contributed by atoms with Crippen LogP contribution in [-0.2, 0) is 21.1 Å². The molecule has 9 heteroatoms. The quantitative estimate of drug-likeness (QED) is 0.231. The number of halogens is 2. The first-order valence-corrected chi connectivity index (χ1v) is 9.44. The van der Waals surface area contributed by atoms with Crippen LogP contribution >= 0.6 is 0 Å². The summed E-state index contributed by atoms with van der Waals surface area (Å²) in [4.78, 5) is 25.0. The molecule has 0 unspecified atom stereocenters. The van der Waals surface area contributed by atoms with Crippen LogP contribution in [0.1, 0.15) is 16.2 Å². The third-order valence-corrected chi connectivity index (χ3v) is 4.60. The van der Waals surface area contributed by atoms with E-state index in [2.05, 4.69) is 21.0 Å². The fourth-order valence-electron chi connectivity index (χ4n) is 3.03. The molecule has 0 amide bonds. The summed E-state index contributed by atoms with van der Waals surface area (Å²) in [6.45, 7) is 0. The second-order valence-corrected chi connectivity index (χ2v) is 6.61. The Labute approximate surface area is 202 Å². The van der Waals surface area contributed by atoms with Crippen molar-refractivity contribution in [2.24, 2.45) is 0 Å². The first-order valence-electron chi connectivity index (χ1n) is 9.44. The van der Waals surface area contributed by atoms with E-state index in [4.69, 9.17) is 9.47 Å². The SMILES string of the molecule is COc1cc[c-]c(-c2cc(OC)cc(-c3nc(C(=O)c4ccccn4)c(F)cc3F)n2)c1.[Pt]. The van der Waals surface area contributed by atoms with Gasteiger partial charge in [0.05, 0.1) is 19.9 Å². The van der Waals surface area contributed by atoms with Crippen LogP contribution < -0.4 is 9.47 Å². The normalized spacial score (nSPS) is 10.3. The van der Waals surface area contributed by atoms with Crippen molar-refractivity contribution in [3.05, 3.63) is 89.9 Å². The molecule has 6 nitrogen and oxygen atoms in total. The molecule has 0 fully saturated rings. The van der Waals surface area contributed by atoms with Gasteiger partial charge in [-0.15, -0.1) is 29.8 Å². The van der Waals surface area contributed by atoms with Crippen LogP contribution in [0.4, 0.5) is 8.78 Å². The van der Waals surface area contributed by atoms with Crippen LogP contribution in [0, 0.1) is 17.7 Å². The summed E-state index contributed by atoms with van der Waals surface area (Å²) in [6.07, 6.45) is 1.40. The van der Waals surface area contributed by atoms with Crippen LogP contribution in [0.25, 0.3) is 22.6 Å². The zero-order valence-corrected chi connectivity index (χ0v) is 19.7. The van der Waals surface area contributed by atoms with Gasteiger partial charge in [-0.3, -0.25) is 14.8 Å². The van der Waals surface area contributed by atoms with E-state index in [9.17, 15) is 13.6 Å². The zero-order valence-electron chi connectivity index (χ0n) is 17.4. The Kier molecular flexibility index (Phi) is 7.61. The molecule has 0 bridgehead atoms. The van der Waals surface area contributed by atoms with Crippen LogP contribution in [0.5, 0.6) is 11.5 Å². The molecule has 4 aromatic rings. The van der Waals surface area contributed by atoms with Gasteiger partial charge < -0.3 is 9.47 Å². The number of ketones is 1. The van der Waals surface area contributed by atoms with E-state index in [1.165, 1.54) is 32.5 Å². The molecule has 3 heterocycles. The number of hydrogen-bond donors (Lipinski definition) is 0. The van der Waals surface area contributed by atoms with Gasteiger partial charge in [-0.1, -0.05) is 6.07 Å². The average Bonchev–Trinajstić information content (AvgIpc) is 2.84. The van der Waals surface area contributed by atoms with E-state index in [1.807, 2.05) is 0 Å². The van der Waals surface area contributed by atoms with Crippen molar-refractivity contribution >= 4 is 5.78 Å². The number of nitrogens with zero attached hydrogens (tertiary/aromatic N) is 3. The number of hydrogen-bond acceptors (Lipinski definition) is 6. The number of carbonyl (C=O) groups excluding carboxylic acids is 1. The van der Waals surface area contributed by atoms with Crippen molar-refractivity contribution in [2.45, 2.75) is 0 Å². The minimum Gasteiger partial charge on any atom is -0.516 e. The predicted octanol–water partition coefficient (Wildman–Crippen LogP) is 4.53. The second-order valence-electron chi connectivity index (χ2n) is 6.61. The molecule has 0 aliphatic carbocycles. The van der Waals surface area contributed by atoms with Crippen molar-refractivity contribution in [3.8, 4) is 34.1 Å². The molecule has 0 atom stereocenters. The van der Waals surface area contributed by atoms with Crippen molar-refractivity contribution in [3.63, 3.8) is 0 Å². The van der Waals surface area contributed by atoms with Crippen LogP contribution in [0.2, 0.25) is 0 Å². The molecular weight excluding hydrogens is 611 g/mol. The molecule has 0 saturated heterocycles. The van der Waals surface area contributed by atoms with E-state index >= 15 is 0 Å². The smallest absolute Gasteiger partial charge is 0.232 e. The molecule has 33 heavy (non-hydrogen) atoms. The molecule has 0 saturated carbocycles. The summed E-state index contributed by atoms with van der Waals surface area (Å²) in [5.74, 6) is -1.88. The monoisotopic (exact) mass is 627 g/mol. The Balaban J connectivity index is 0.00000306. The Morgan fingerprint density at radius 1 is 0.909 bits per heavy atom. The van der Waals surface area contributed by atoms with Crippen LogP contribution in [-0.4, -0.2) is 35.0 Å². The van der Waals surface area contributed by atoms with Gasteiger partial charge >= 0.3 is 0 Å². The molecular formula is C24H16F2N3O3Pt-. The van der Waals surface area contributed by atoms with Crippen molar-refractivity contribution in [2.75, 3.05) is 14.2 Å². The molecule has 170 valence electrons. The van der Waals surface area contributed by atoms with Gasteiger partial charge in [0.2, 0.25) is 5.78 Å². The summed E-state index contributed by atoms with van der Waals surface area (Å²) >= 11 is 0. The Morgan fingerprint density at radius 2 is 1.67 bits per heavy atom. The maximum Gasteiger partial charge on any atom is 0.232 e. The standard InChI is InChI=1S/C24H16F2N3O3.Pt/c1-31-15-7-5-6-14(10-15)20-11-16(32-2)12-21(28-20)22-17(25)13-18(26)23(29-22)24(30)19-8-3-4-9-27-19;/h3-5,7-13H,1-2H3;/q-1;. The number of carbonyl (C=O) groups is 1. The van der Waals surface area contributed by atoms with Crippen molar-refractivity contribution in [1.82, 2.24) is 15.0 Å². The molecule has 1 aromatic carbocycles. The van der Waals surface area contributed by atoms with Gasteiger partial charge in [-0.25, -0.2) is 13.8 Å². The van der Waals surface area contributed by atoms with Gasteiger partial charge in [0.25, 0.3) is 0 Å². The van der Waals surface area contributed by atoms with Gasteiger partial charge in [0.15, 0.2) is 11.6 Å². The topological polar surface area (TPSA) is 74.2 Å². The fraction of sp³-hybridized carbons (Fsp3) is 0.0833. The predicted molar refractivity (Wildman–Crippen MR) is 112 cm³/mol. The zero-order chi connectivity index (χ0) is 22.7. The van der Waals surface area contributed by atoms with Gasteiger partial charge in [0.1, 0.15) is 22.8 Å². The van der Waals surface area contributed by atoms with E-state index in [-0.39, 0.29) is 38.1 Å². The maximum atomic E-state index is 14.7. The van der Waals surface area contributed by atoms with Crippen LogP contribution in [0.3, 0.4) is 0 Å². The van der Waals surface area contributed by atoms with Crippen molar-refractivity contribution < 1.29 is 44.1 Å². The van der Waals surface area contributed by atoms with Gasteiger partial charge in [-0.2, -0.15) is 0 Å². The summed E-state index contributed by atoms with van der Waals surface area (Å²) in [5, 5.41) is 0. The Morgan fingerprint density at radius 3 is 2.36 bits per heavy atom. The van der Waals surface area contributed by atoms with E-state index in [1.54, 1.807) is 36.4 Å². The summed E-state index contributed by atoms with van der Waals surface area (Å²) in [5.41, 5.74) is 0.163. The second kappa shape index (κ2) is 10.4. The molecule has 0 radical (unpaired) electrons. The third-order valence-electron chi connectivity index (χ3n) is 4.60. The van der Waals surface area contributed by atoms with Crippen molar-refractivity contribution in [1.29, 1.82) is 0 Å². The maximum absolute atomic E-state index is 14.7. The fourth-order valence-corrected chi connectivity index (χ4v) is 3.03. The van der Waals surface area contributed by atoms with Gasteiger partial charge in [-0.05, 0) is 23.9 Å². The Hall–Kier alpha value is -3.51. The number of benzene rings is 1. The summed E-state index contributed by atoms with van der Waals surface area (Å²) in [6, 6.07) is 16.4. The molecule has 3 aromatic heterocycles. The molecule has 0 aliphatic rings. The van der Waals surface area contributed by atoms with E-state index < -0.39 is 23.1 Å². The number of methoxy groups -OCH3 is 2. The average molecular weight is 627 g/mol. The molecule has 0 aliphatic heterocycles. The number of aromatic nitrogens is 3.